The van der Waals surface area contributed by atoms with Crippen molar-refractivity contribution in [3.63, 3.8) is 0 Å². The number of hydrogen-bond acceptors (Lipinski definition) is 3. The molecule has 0 amide bonds. The first-order valence-electron chi connectivity index (χ1n) is 9.97. The van der Waals surface area contributed by atoms with E-state index >= 15 is 0 Å². The zero-order valence-corrected chi connectivity index (χ0v) is 17.0. The molecule has 4 rings (SSSR count). The van der Waals surface area contributed by atoms with Crippen LogP contribution < -0.4 is 4.74 Å². The van der Waals surface area contributed by atoms with Crippen molar-refractivity contribution in [1.29, 1.82) is 0 Å². The van der Waals surface area contributed by atoms with Crippen molar-refractivity contribution in [2.75, 3.05) is 26.6 Å². The summed E-state index contributed by atoms with van der Waals surface area (Å²) in [5.41, 5.74) is 1.07. The predicted octanol–water partition coefficient (Wildman–Crippen LogP) is 6.23. The van der Waals surface area contributed by atoms with E-state index in [1.807, 2.05) is 0 Å². The molecule has 0 saturated carbocycles. The first kappa shape index (κ1) is 22.0. The fourth-order valence-corrected chi connectivity index (χ4v) is 3.61. The molecule has 0 aromatic heterocycles. The Morgan fingerprint density at radius 1 is 0.781 bits per heavy atom. The Kier molecular flexibility index (Phi) is 6.58. The van der Waals surface area contributed by atoms with Crippen LogP contribution in [0.25, 0.3) is 22.3 Å². The van der Waals surface area contributed by atoms with Crippen LogP contribution in [0.15, 0.2) is 61.2 Å². The summed E-state index contributed by atoms with van der Waals surface area (Å²) in [4.78, 5) is 0. The third-order valence-electron chi connectivity index (χ3n) is 5.27. The van der Waals surface area contributed by atoms with E-state index in [4.69, 9.17) is 14.2 Å². The number of benzene rings is 3. The topological polar surface area (TPSA) is 27.7 Å². The molecule has 3 aromatic rings. The van der Waals surface area contributed by atoms with Gasteiger partial charge in [-0.3, -0.25) is 0 Å². The van der Waals surface area contributed by atoms with E-state index in [1.54, 1.807) is 0 Å². The SMILES string of the molecule is C=CCOc1ccc(-c2ccc(-c3ccc(C4COCOC4)c(F)c3F)cc2)c(F)c1F. The van der Waals surface area contributed by atoms with Gasteiger partial charge in [0.2, 0.25) is 5.82 Å². The monoisotopic (exact) mass is 444 g/mol. The summed E-state index contributed by atoms with van der Waals surface area (Å²) in [5.74, 6) is -4.69. The van der Waals surface area contributed by atoms with Crippen molar-refractivity contribution in [3.8, 4) is 28.0 Å². The van der Waals surface area contributed by atoms with Crippen LogP contribution in [0.2, 0.25) is 0 Å². The maximum Gasteiger partial charge on any atom is 0.201 e. The van der Waals surface area contributed by atoms with Crippen LogP contribution in [0.1, 0.15) is 11.5 Å². The first-order valence-corrected chi connectivity index (χ1v) is 9.97. The van der Waals surface area contributed by atoms with Gasteiger partial charge in [0.05, 0.1) is 13.2 Å². The van der Waals surface area contributed by atoms with Gasteiger partial charge in [-0.25, -0.2) is 13.2 Å². The van der Waals surface area contributed by atoms with Crippen molar-refractivity contribution < 1.29 is 31.8 Å². The quantitative estimate of drug-likeness (QED) is 0.333. The van der Waals surface area contributed by atoms with Crippen LogP contribution in [0.5, 0.6) is 5.75 Å². The lowest BCUT2D eigenvalue weighted by Crippen LogP contribution is -2.23. The number of hydrogen-bond donors (Lipinski definition) is 0. The van der Waals surface area contributed by atoms with Gasteiger partial charge in [0.1, 0.15) is 13.4 Å². The number of rotatable bonds is 6. The molecule has 32 heavy (non-hydrogen) atoms. The highest BCUT2D eigenvalue weighted by molar-refractivity contribution is 5.71. The smallest absolute Gasteiger partial charge is 0.201 e. The highest BCUT2D eigenvalue weighted by atomic mass is 19.2. The molecule has 166 valence electrons. The Labute approximate surface area is 182 Å². The molecule has 0 N–H and O–H groups in total. The molecule has 0 unspecified atom stereocenters. The summed E-state index contributed by atoms with van der Waals surface area (Å²) < 4.78 is 73.7. The van der Waals surface area contributed by atoms with Crippen LogP contribution in [0, 0.1) is 23.3 Å². The number of halogens is 4. The fraction of sp³-hybridized carbons (Fsp3) is 0.200. The largest absolute Gasteiger partial charge is 0.486 e. The minimum absolute atomic E-state index is 0.0271. The molecular weight excluding hydrogens is 424 g/mol. The summed E-state index contributed by atoms with van der Waals surface area (Å²) in [6.45, 7) is 4.16. The fourth-order valence-electron chi connectivity index (χ4n) is 3.61. The second-order valence-corrected chi connectivity index (χ2v) is 7.30. The Hall–Kier alpha value is -3.16. The van der Waals surface area contributed by atoms with E-state index in [1.165, 1.54) is 54.6 Å². The first-order chi connectivity index (χ1) is 15.5. The zero-order chi connectivity index (χ0) is 22.7. The summed E-state index contributed by atoms with van der Waals surface area (Å²) in [5, 5.41) is 0. The number of ether oxygens (including phenoxy) is 3. The van der Waals surface area contributed by atoms with Crippen LogP contribution in [0.4, 0.5) is 17.6 Å². The molecule has 3 aromatic carbocycles. The van der Waals surface area contributed by atoms with Gasteiger partial charge in [0.25, 0.3) is 0 Å². The minimum atomic E-state index is -1.10. The third-order valence-corrected chi connectivity index (χ3v) is 5.27. The average Bonchev–Trinajstić information content (AvgIpc) is 2.82. The Balaban J connectivity index is 1.61. The van der Waals surface area contributed by atoms with E-state index in [0.29, 0.717) is 11.1 Å². The lowest BCUT2D eigenvalue weighted by atomic mass is 9.94. The molecule has 1 saturated heterocycles. The van der Waals surface area contributed by atoms with Crippen molar-refractivity contribution in [3.05, 3.63) is 90.0 Å². The predicted molar refractivity (Wildman–Crippen MR) is 112 cm³/mol. The lowest BCUT2D eigenvalue weighted by Gasteiger charge is -2.23. The third kappa shape index (κ3) is 4.26. The minimum Gasteiger partial charge on any atom is -0.486 e. The second-order valence-electron chi connectivity index (χ2n) is 7.30. The molecule has 0 radical (unpaired) electrons. The van der Waals surface area contributed by atoms with Crippen molar-refractivity contribution >= 4 is 0 Å². The molecular formula is C25H20F4O3. The summed E-state index contributed by atoms with van der Waals surface area (Å²) in [7, 11) is 0. The van der Waals surface area contributed by atoms with E-state index in [2.05, 4.69) is 6.58 Å². The standard InChI is InChI=1S/C25H20F4O3/c1-2-11-32-21-10-9-19(24(28)25(21)29)16-5-3-15(4-6-16)18-7-8-20(23(27)22(18)26)17-12-30-14-31-13-17/h2-10,17H,1,11-14H2. The summed E-state index contributed by atoms with van der Waals surface area (Å²) in [6, 6.07) is 11.8. The van der Waals surface area contributed by atoms with E-state index < -0.39 is 23.3 Å². The Morgan fingerprint density at radius 3 is 1.94 bits per heavy atom. The molecule has 1 aliphatic heterocycles. The van der Waals surface area contributed by atoms with Gasteiger partial charge in [-0.1, -0.05) is 49.1 Å². The summed E-state index contributed by atoms with van der Waals surface area (Å²) >= 11 is 0. The molecule has 0 aliphatic carbocycles. The Morgan fingerprint density at radius 2 is 1.34 bits per heavy atom. The van der Waals surface area contributed by atoms with Gasteiger partial charge in [-0.15, -0.1) is 0 Å². The second kappa shape index (κ2) is 9.54. The molecule has 0 bridgehead atoms. The molecule has 1 aliphatic rings. The zero-order valence-electron chi connectivity index (χ0n) is 17.0. The highest BCUT2D eigenvalue weighted by Gasteiger charge is 2.24. The molecule has 0 spiro atoms. The van der Waals surface area contributed by atoms with Gasteiger partial charge in [-0.2, -0.15) is 4.39 Å². The van der Waals surface area contributed by atoms with Crippen molar-refractivity contribution in [2.24, 2.45) is 0 Å². The van der Waals surface area contributed by atoms with Crippen molar-refractivity contribution in [2.45, 2.75) is 5.92 Å². The lowest BCUT2D eigenvalue weighted by molar-refractivity contribution is -0.108. The van der Waals surface area contributed by atoms with Gasteiger partial charge >= 0.3 is 0 Å². The highest BCUT2D eigenvalue weighted by Crippen LogP contribution is 2.34. The maximum absolute atomic E-state index is 14.8. The molecule has 1 heterocycles. The normalized spacial score (nSPS) is 14.4. The van der Waals surface area contributed by atoms with Crippen LogP contribution >= 0.6 is 0 Å². The van der Waals surface area contributed by atoms with E-state index in [0.717, 1.165) is 0 Å². The van der Waals surface area contributed by atoms with Gasteiger partial charge < -0.3 is 14.2 Å². The molecule has 7 heteroatoms. The van der Waals surface area contributed by atoms with Gasteiger partial charge in [0, 0.05) is 17.0 Å². The summed E-state index contributed by atoms with van der Waals surface area (Å²) in [6.07, 6.45) is 1.43. The maximum atomic E-state index is 14.8. The van der Waals surface area contributed by atoms with Gasteiger partial charge in [0.15, 0.2) is 23.2 Å². The van der Waals surface area contributed by atoms with Crippen LogP contribution in [0.3, 0.4) is 0 Å². The average molecular weight is 444 g/mol. The Bertz CT molecular complexity index is 1120. The molecule has 0 atom stereocenters. The molecule has 3 nitrogen and oxygen atoms in total. The van der Waals surface area contributed by atoms with Crippen LogP contribution in [-0.4, -0.2) is 26.6 Å². The van der Waals surface area contributed by atoms with Crippen LogP contribution in [-0.2, 0) is 9.47 Å². The van der Waals surface area contributed by atoms with Gasteiger partial charge in [-0.05, 0) is 28.8 Å². The van der Waals surface area contributed by atoms with E-state index in [9.17, 15) is 17.6 Å². The van der Waals surface area contributed by atoms with Crippen molar-refractivity contribution in [1.82, 2.24) is 0 Å². The van der Waals surface area contributed by atoms with E-state index in [-0.39, 0.29) is 55.0 Å². The molecule has 1 fully saturated rings.